The summed E-state index contributed by atoms with van der Waals surface area (Å²) in [5, 5.41) is 8.52. The van der Waals surface area contributed by atoms with Crippen LogP contribution in [0.4, 0.5) is 0 Å². The fourth-order valence-corrected chi connectivity index (χ4v) is 3.90. The van der Waals surface area contributed by atoms with Crippen molar-refractivity contribution in [3.8, 4) is 0 Å². The maximum atomic E-state index is 8.52. The minimum Gasteiger partial charge on any atom is -0.391 e. The quantitative estimate of drug-likeness (QED) is 0.607. The van der Waals surface area contributed by atoms with Crippen molar-refractivity contribution in [2.45, 2.75) is 76.5 Å². The fraction of sp³-hybridized carbons (Fsp3) is 1.00. The molecule has 0 atom stereocenters. The Bertz CT molecular complexity index is 125. The highest BCUT2D eigenvalue weighted by atomic mass is 27.1. The zero-order chi connectivity index (χ0) is 12.2. The standard InChI is InChI=1S/C4H10O.2C4H9.Al/c1-4(2,3)5;2*1-4(2)3;/h5H,1-3H3;2*1-3H3;. The molecule has 0 spiro atoms. The number of rotatable bonds is 0. The van der Waals surface area contributed by atoms with Crippen molar-refractivity contribution < 1.29 is 5.11 Å². The molecule has 0 aromatic carbocycles. The lowest BCUT2D eigenvalue weighted by molar-refractivity contribution is 0.102. The monoisotopic (exact) mass is 215 g/mol. The van der Waals surface area contributed by atoms with E-state index in [-0.39, 0.29) is 0 Å². The third kappa shape index (κ3) is 39.1. The van der Waals surface area contributed by atoms with E-state index in [4.69, 9.17) is 5.11 Å². The van der Waals surface area contributed by atoms with Gasteiger partial charge in [-0.3, -0.25) is 0 Å². The zero-order valence-corrected chi connectivity index (χ0v) is 12.7. The maximum Gasteiger partial charge on any atom is 0.218 e. The molecule has 0 saturated carbocycles. The number of aliphatic hydroxyl groups is 1. The molecule has 85 valence electrons. The minimum atomic E-state index is -0.500. The van der Waals surface area contributed by atoms with E-state index in [9.17, 15) is 0 Å². The van der Waals surface area contributed by atoms with Crippen LogP contribution < -0.4 is 0 Å². The van der Waals surface area contributed by atoms with Crippen molar-refractivity contribution in [3.05, 3.63) is 0 Å². The number of hydrogen-bond acceptors (Lipinski definition) is 1. The van der Waals surface area contributed by atoms with Crippen LogP contribution >= 0.6 is 0 Å². The Morgan fingerprint density at radius 3 is 0.786 bits per heavy atom. The summed E-state index contributed by atoms with van der Waals surface area (Å²) in [6, 6.07) is 0. The Kier molecular flexibility index (Phi) is 6.69. The van der Waals surface area contributed by atoms with Gasteiger partial charge in [-0.1, -0.05) is 50.1 Å². The van der Waals surface area contributed by atoms with Crippen molar-refractivity contribution in [3.63, 3.8) is 0 Å². The second-order valence-electron chi connectivity index (χ2n) is 7.05. The van der Waals surface area contributed by atoms with E-state index in [0.29, 0.717) is 23.8 Å². The van der Waals surface area contributed by atoms with Crippen LogP contribution in [-0.2, 0) is 0 Å². The molecular formula is C12H28AlO. The molecule has 0 amide bonds. The van der Waals surface area contributed by atoms with Crippen LogP contribution in [0.25, 0.3) is 0 Å². The van der Waals surface area contributed by atoms with Crippen molar-refractivity contribution in [2.24, 2.45) is 0 Å². The highest BCUT2D eigenvalue weighted by Crippen LogP contribution is 2.33. The summed E-state index contributed by atoms with van der Waals surface area (Å²) in [7, 11) is 0. The Labute approximate surface area is 97.0 Å². The summed E-state index contributed by atoms with van der Waals surface area (Å²) in [6.07, 6.45) is 0. The molecule has 1 radical (unpaired) electrons. The van der Waals surface area contributed by atoms with Gasteiger partial charge in [0.1, 0.15) is 0 Å². The normalized spacial score (nSPS) is 13.0. The first-order chi connectivity index (χ1) is 5.71. The molecule has 0 aliphatic rings. The second-order valence-corrected chi connectivity index (χ2v) is 10.8. The minimum absolute atomic E-state index is 0.500. The summed E-state index contributed by atoms with van der Waals surface area (Å²) < 4.78 is 1.14. The Morgan fingerprint density at radius 1 is 0.643 bits per heavy atom. The van der Waals surface area contributed by atoms with Crippen molar-refractivity contribution in [1.29, 1.82) is 0 Å². The first-order valence-electron chi connectivity index (χ1n) is 5.30. The first kappa shape index (κ1) is 16.9. The van der Waals surface area contributed by atoms with E-state index in [2.05, 4.69) is 41.5 Å². The van der Waals surface area contributed by atoms with Crippen LogP contribution in [0, 0.1) is 0 Å². The zero-order valence-electron chi connectivity index (χ0n) is 11.5. The van der Waals surface area contributed by atoms with Crippen molar-refractivity contribution in [1.82, 2.24) is 0 Å². The van der Waals surface area contributed by atoms with Gasteiger partial charge < -0.3 is 5.11 Å². The molecule has 14 heavy (non-hydrogen) atoms. The highest BCUT2D eigenvalue weighted by molar-refractivity contribution is 6.43. The number of hydrogen-bond donors (Lipinski definition) is 1. The van der Waals surface area contributed by atoms with E-state index in [1.807, 2.05) is 0 Å². The molecule has 0 aromatic heterocycles. The lowest BCUT2D eigenvalue weighted by atomic mass is 10.2. The van der Waals surface area contributed by atoms with Crippen LogP contribution in [0.2, 0.25) is 8.55 Å². The predicted molar refractivity (Wildman–Crippen MR) is 67.2 cm³/mol. The topological polar surface area (TPSA) is 20.2 Å². The predicted octanol–water partition coefficient (Wildman–Crippen LogP) is 3.90. The molecule has 1 N–H and O–H groups in total. The van der Waals surface area contributed by atoms with Crippen LogP contribution in [0.15, 0.2) is 0 Å². The second kappa shape index (κ2) is 5.54. The molecule has 1 nitrogen and oxygen atoms in total. The molecule has 0 fully saturated rings. The Balaban J connectivity index is 0. The lowest BCUT2D eigenvalue weighted by Crippen LogP contribution is -2.18. The van der Waals surface area contributed by atoms with Gasteiger partial charge in [0, 0.05) is 0 Å². The Hall–Kier alpha value is 0.492. The Morgan fingerprint density at radius 2 is 0.786 bits per heavy atom. The van der Waals surface area contributed by atoms with Crippen molar-refractivity contribution in [2.75, 3.05) is 0 Å². The van der Waals surface area contributed by atoms with Crippen LogP contribution in [0.3, 0.4) is 0 Å². The molecule has 0 heterocycles. The van der Waals surface area contributed by atoms with E-state index in [0.717, 1.165) is 0 Å². The molecule has 0 unspecified atom stereocenters. The van der Waals surface area contributed by atoms with Gasteiger partial charge in [0.2, 0.25) is 15.2 Å². The van der Waals surface area contributed by atoms with Gasteiger partial charge in [0.05, 0.1) is 5.60 Å². The maximum absolute atomic E-state index is 8.52. The van der Waals surface area contributed by atoms with Gasteiger partial charge in [0.15, 0.2) is 0 Å². The highest BCUT2D eigenvalue weighted by Gasteiger charge is 2.22. The van der Waals surface area contributed by atoms with E-state index in [1.54, 1.807) is 20.8 Å². The van der Waals surface area contributed by atoms with E-state index >= 15 is 0 Å². The summed E-state index contributed by atoms with van der Waals surface area (Å²) in [6.45, 7) is 19.2. The lowest BCUT2D eigenvalue weighted by Gasteiger charge is -2.26. The van der Waals surface area contributed by atoms with Crippen molar-refractivity contribution >= 4 is 15.2 Å². The van der Waals surface area contributed by atoms with Gasteiger partial charge in [-0.15, -0.1) is 0 Å². The fourth-order valence-electron chi connectivity index (χ4n) is 1.30. The smallest absolute Gasteiger partial charge is 0.218 e. The molecule has 0 aliphatic heterocycles. The average Bonchev–Trinajstić information content (AvgIpc) is 1.42. The summed E-state index contributed by atoms with van der Waals surface area (Å²) >= 11 is 0.569. The first-order valence-corrected chi connectivity index (χ1v) is 6.46. The van der Waals surface area contributed by atoms with Crippen LogP contribution in [-0.4, -0.2) is 25.9 Å². The van der Waals surface area contributed by atoms with Gasteiger partial charge in [-0.25, -0.2) is 0 Å². The molecule has 0 saturated heterocycles. The average molecular weight is 215 g/mol. The molecule has 0 aliphatic carbocycles. The van der Waals surface area contributed by atoms with E-state index in [1.165, 1.54) is 0 Å². The summed E-state index contributed by atoms with van der Waals surface area (Å²) in [5.74, 6) is 0. The molecule has 0 rings (SSSR count). The third-order valence-corrected chi connectivity index (χ3v) is 2.60. The molecule has 2 heteroatoms. The molecule has 0 aromatic rings. The van der Waals surface area contributed by atoms with Gasteiger partial charge >= 0.3 is 0 Å². The van der Waals surface area contributed by atoms with Crippen LogP contribution in [0.1, 0.15) is 62.3 Å². The van der Waals surface area contributed by atoms with Crippen LogP contribution in [0.5, 0.6) is 0 Å². The van der Waals surface area contributed by atoms with Gasteiger partial charge in [-0.05, 0) is 20.8 Å². The molecular weight excluding hydrogens is 187 g/mol. The SMILES string of the molecule is CC(C)(C)O.C[C](C)(C)[Al][C](C)(C)C. The largest absolute Gasteiger partial charge is 0.391 e. The summed E-state index contributed by atoms with van der Waals surface area (Å²) in [5.41, 5.74) is -0.500. The van der Waals surface area contributed by atoms with E-state index < -0.39 is 5.60 Å². The summed E-state index contributed by atoms with van der Waals surface area (Å²) in [4.78, 5) is 0. The van der Waals surface area contributed by atoms with Gasteiger partial charge in [-0.2, -0.15) is 0 Å². The third-order valence-electron chi connectivity index (χ3n) is 0.866. The molecule has 0 bridgehead atoms. The van der Waals surface area contributed by atoms with Gasteiger partial charge in [0.25, 0.3) is 0 Å².